The second kappa shape index (κ2) is 6.88. The summed E-state index contributed by atoms with van der Waals surface area (Å²) in [6.45, 7) is 6.03. The number of carbonyl (C=O) groups excluding carboxylic acids is 2. The van der Waals surface area contributed by atoms with Crippen LogP contribution in [0.1, 0.15) is 27.2 Å². The number of sulfone groups is 1. The minimum Gasteiger partial charge on any atom is -0.310 e. The summed E-state index contributed by atoms with van der Waals surface area (Å²) in [4.78, 5) is 29.2. The molecule has 0 aliphatic carbocycles. The van der Waals surface area contributed by atoms with Crippen molar-refractivity contribution in [3.05, 3.63) is 24.3 Å². The van der Waals surface area contributed by atoms with E-state index < -0.39 is 32.2 Å². The number of carbonyl (C=O) groups is 2. The van der Waals surface area contributed by atoms with Gasteiger partial charge in [-0.3, -0.25) is 9.59 Å². The molecule has 0 N–H and O–H groups in total. The van der Waals surface area contributed by atoms with E-state index in [2.05, 4.69) is 0 Å². The molecule has 0 fully saturated rings. The van der Waals surface area contributed by atoms with Gasteiger partial charge in [0.25, 0.3) is 5.91 Å². The maximum absolute atomic E-state index is 13.0. The van der Waals surface area contributed by atoms with Crippen molar-refractivity contribution in [2.24, 2.45) is 5.41 Å². The van der Waals surface area contributed by atoms with Crippen LogP contribution >= 0.6 is 0 Å². The smallest absolute Gasteiger partial charge is 0.253 e. The van der Waals surface area contributed by atoms with Gasteiger partial charge in [-0.25, -0.2) is 8.42 Å². The lowest BCUT2D eigenvalue weighted by Gasteiger charge is -2.35. The van der Waals surface area contributed by atoms with E-state index >= 15 is 0 Å². The largest absolute Gasteiger partial charge is 0.310 e. The van der Waals surface area contributed by atoms with Crippen molar-refractivity contribution in [2.45, 2.75) is 37.3 Å². The van der Waals surface area contributed by atoms with Crippen LogP contribution in [0.3, 0.4) is 0 Å². The van der Waals surface area contributed by atoms with E-state index in [9.17, 15) is 18.0 Å². The van der Waals surface area contributed by atoms with Crippen LogP contribution in [0.2, 0.25) is 0 Å². The molecule has 1 unspecified atom stereocenters. The Kier molecular flexibility index (Phi) is 5.39. The summed E-state index contributed by atoms with van der Waals surface area (Å²) in [5, 5.41) is -1.67. The Balaban J connectivity index is 2.51. The molecule has 1 aliphatic heterocycles. The van der Waals surface area contributed by atoms with Crippen molar-refractivity contribution in [3.8, 4) is 0 Å². The zero-order valence-electron chi connectivity index (χ0n) is 15.4. The molecule has 7 heteroatoms. The molecule has 0 saturated carbocycles. The number of rotatable bonds is 5. The molecular formula is C18H26N2O4S. The molecule has 0 saturated heterocycles. The quantitative estimate of drug-likeness (QED) is 0.742. The fourth-order valence-electron chi connectivity index (χ4n) is 2.86. The maximum atomic E-state index is 13.0. The maximum Gasteiger partial charge on any atom is 0.253 e. The third-order valence-corrected chi connectivity index (χ3v) is 6.22. The Hall–Kier alpha value is -1.73. The van der Waals surface area contributed by atoms with Crippen LogP contribution in [0.5, 0.6) is 0 Å². The molecule has 0 radical (unpaired) electrons. The lowest BCUT2D eigenvalue weighted by atomic mass is 9.88. The third kappa shape index (κ3) is 3.77. The average Bonchev–Trinajstić information content (AvgIpc) is 2.49. The predicted octanol–water partition coefficient (Wildman–Crippen LogP) is 1.74. The number of Topliss-reactive ketones (excluding diaryl/α,β-unsaturated/α-hetero) is 1. The summed E-state index contributed by atoms with van der Waals surface area (Å²) in [7, 11) is -0.174. The summed E-state index contributed by atoms with van der Waals surface area (Å²) in [5.41, 5.74) is -0.557. The molecule has 1 aliphatic rings. The van der Waals surface area contributed by atoms with Crippen LogP contribution in [0, 0.1) is 5.41 Å². The second-order valence-corrected chi connectivity index (χ2v) is 9.65. The molecule has 138 valence electrons. The number of hydrogen-bond acceptors (Lipinski definition) is 5. The van der Waals surface area contributed by atoms with Crippen LogP contribution < -0.4 is 4.90 Å². The van der Waals surface area contributed by atoms with Gasteiger partial charge < -0.3 is 9.80 Å². The first-order valence-electron chi connectivity index (χ1n) is 8.31. The fourth-order valence-corrected chi connectivity index (χ4v) is 4.88. The zero-order valence-corrected chi connectivity index (χ0v) is 16.3. The van der Waals surface area contributed by atoms with Crippen molar-refractivity contribution in [1.82, 2.24) is 4.90 Å². The normalized spacial score (nSPS) is 19.8. The minimum absolute atomic E-state index is 0.0575. The van der Waals surface area contributed by atoms with Crippen molar-refractivity contribution < 1.29 is 18.0 Å². The van der Waals surface area contributed by atoms with Crippen LogP contribution in [0.25, 0.3) is 0 Å². The molecule has 1 aromatic rings. The third-order valence-electron chi connectivity index (χ3n) is 4.23. The van der Waals surface area contributed by atoms with E-state index in [1.54, 1.807) is 39.0 Å². The molecule has 6 nitrogen and oxygen atoms in total. The van der Waals surface area contributed by atoms with Gasteiger partial charge in [0.15, 0.2) is 15.6 Å². The second-order valence-electron chi connectivity index (χ2n) is 7.65. The lowest BCUT2D eigenvalue weighted by molar-refractivity contribution is -0.131. The topological polar surface area (TPSA) is 74.8 Å². The van der Waals surface area contributed by atoms with Crippen molar-refractivity contribution in [3.63, 3.8) is 0 Å². The van der Waals surface area contributed by atoms with Gasteiger partial charge >= 0.3 is 0 Å². The van der Waals surface area contributed by atoms with Crippen LogP contribution in [-0.4, -0.2) is 57.4 Å². The number of benzene rings is 1. The molecule has 0 bridgehead atoms. The molecule has 0 aromatic heterocycles. The standard InChI is InChI=1S/C18H26N2O4S/c1-18(2,3)16(21)15-17(22)20(12-8-11-19(4)5)13-9-6-7-10-14(13)25(15,23)24/h6-7,9-10,15H,8,11-12H2,1-5H3. The Labute approximate surface area is 149 Å². The van der Waals surface area contributed by atoms with Crippen molar-refractivity contribution in [1.29, 1.82) is 0 Å². The van der Waals surface area contributed by atoms with E-state index in [4.69, 9.17) is 0 Å². The van der Waals surface area contributed by atoms with Crippen LogP contribution in [0.15, 0.2) is 29.2 Å². The first-order chi connectivity index (χ1) is 11.5. The number of hydrogen-bond donors (Lipinski definition) is 0. The zero-order chi connectivity index (χ0) is 19.0. The molecule has 0 spiro atoms. The van der Waals surface area contributed by atoms with Gasteiger partial charge in [0.05, 0.1) is 10.6 Å². The SMILES string of the molecule is CN(C)CCCN1C(=O)C(C(=O)C(C)(C)C)S(=O)(=O)c2ccccc21. The van der Waals surface area contributed by atoms with Gasteiger partial charge in [-0.05, 0) is 39.2 Å². The monoisotopic (exact) mass is 366 g/mol. The highest BCUT2D eigenvalue weighted by atomic mass is 32.2. The fraction of sp³-hybridized carbons (Fsp3) is 0.556. The highest BCUT2D eigenvalue weighted by molar-refractivity contribution is 7.94. The van der Waals surface area contributed by atoms with Gasteiger partial charge in [-0.15, -0.1) is 0 Å². The molecule has 1 heterocycles. The Bertz CT molecular complexity index is 779. The molecule has 1 aromatic carbocycles. The van der Waals surface area contributed by atoms with Gasteiger partial charge in [0.1, 0.15) is 0 Å². The number of ketones is 1. The molecular weight excluding hydrogens is 340 g/mol. The Morgan fingerprint density at radius 2 is 1.80 bits per heavy atom. The molecule has 1 amide bonds. The lowest BCUT2D eigenvalue weighted by Crippen LogP contribution is -2.54. The number of para-hydroxylation sites is 1. The average molecular weight is 366 g/mol. The van der Waals surface area contributed by atoms with E-state index in [0.29, 0.717) is 18.7 Å². The summed E-state index contributed by atoms with van der Waals surface area (Å²) in [6.07, 6.45) is 0.684. The first-order valence-corrected chi connectivity index (χ1v) is 9.86. The minimum atomic E-state index is -4.04. The van der Waals surface area contributed by atoms with Gasteiger partial charge in [-0.2, -0.15) is 0 Å². The predicted molar refractivity (Wildman–Crippen MR) is 97.4 cm³/mol. The van der Waals surface area contributed by atoms with E-state index in [-0.39, 0.29) is 4.90 Å². The summed E-state index contributed by atoms with van der Waals surface area (Å²) in [5.74, 6) is -1.21. The highest BCUT2D eigenvalue weighted by Gasteiger charge is 2.50. The Morgan fingerprint density at radius 1 is 1.20 bits per heavy atom. The van der Waals surface area contributed by atoms with Crippen LogP contribution in [-0.2, 0) is 19.4 Å². The van der Waals surface area contributed by atoms with E-state index in [1.165, 1.54) is 11.0 Å². The summed E-state index contributed by atoms with van der Waals surface area (Å²) in [6, 6.07) is 6.41. The molecule has 2 rings (SSSR count). The van der Waals surface area contributed by atoms with Gasteiger partial charge in [0, 0.05) is 12.0 Å². The number of amides is 1. The van der Waals surface area contributed by atoms with Gasteiger partial charge in [-0.1, -0.05) is 32.9 Å². The highest BCUT2D eigenvalue weighted by Crippen LogP contribution is 2.37. The number of nitrogens with zero attached hydrogens (tertiary/aromatic N) is 2. The number of fused-ring (bicyclic) bond motifs is 1. The van der Waals surface area contributed by atoms with Crippen LogP contribution in [0.4, 0.5) is 5.69 Å². The first kappa shape index (κ1) is 19.6. The van der Waals surface area contributed by atoms with E-state index in [0.717, 1.165) is 6.54 Å². The molecule has 25 heavy (non-hydrogen) atoms. The van der Waals surface area contributed by atoms with Crippen molar-refractivity contribution >= 4 is 27.2 Å². The number of anilines is 1. The summed E-state index contributed by atoms with van der Waals surface area (Å²) >= 11 is 0. The van der Waals surface area contributed by atoms with Gasteiger partial charge in [0.2, 0.25) is 5.25 Å². The van der Waals surface area contributed by atoms with E-state index in [1.807, 2.05) is 19.0 Å². The Morgan fingerprint density at radius 3 is 2.36 bits per heavy atom. The van der Waals surface area contributed by atoms with Crippen molar-refractivity contribution in [2.75, 3.05) is 32.1 Å². The summed E-state index contributed by atoms with van der Waals surface area (Å²) < 4.78 is 25.9. The molecule has 1 atom stereocenters.